The van der Waals surface area contributed by atoms with Gasteiger partial charge in [-0.25, -0.2) is 0 Å². The lowest BCUT2D eigenvalue weighted by molar-refractivity contribution is -0.129. The Morgan fingerprint density at radius 2 is 2.47 bits per heavy atom. The predicted molar refractivity (Wildman–Crippen MR) is 65.4 cm³/mol. The largest absolute Gasteiger partial charge is 0.351 e. The van der Waals surface area contributed by atoms with Crippen LogP contribution in [0.15, 0.2) is 6.20 Å². The quantitative estimate of drug-likeness (QED) is 0.796. The number of carbonyl (C=O) groups excluding carboxylic acids is 1. The lowest BCUT2D eigenvalue weighted by Crippen LogP contribution is -2.40. The maximum absolute atomic E-state index is 12.1. The van der Waals surface area contributed by atoms with Crippen LogP contribution in [-0.4, -0.2) is 28.8 Å². The highest BCUT2D eigenvalue weighted by atomic mass is 16.2. The molecule has 1 atom stereocenters. The topological polar surface area (TPSA) is 59.0 Å². The maximum Gasteiger partial charge on any atom is 0.227 e. The zero-order chi connectivity index (χ0) is 12.5. The Morgan fingerprint density at radius 3 is 3.00 bits per heavy atom. The first-order chi connectivity index (χ1) is 8.03. The van der Waals surface area contributed by atoms with Gasteiger partial charge in [0.1, 0.15) is 0 Å². The number of nitrogens with zero attached hydrogens (tertiary/aromatic N) is 2. The van der Waals surface area contributed by atoms with Crippen LogP contribution in [0.4, 0.5) is 0 Å². The first-order valence-corrected chi connectivity index (χ1v) is 5.99. The van der Waals surface area contributed by atoms with Crippen molar-refractivity contribution in [2.75, 3.05) is 13.1 Å². The van der Waals surface area contributed by atoms with E-state index in [0.29, 0.717) is 6.54 Å². The summed E-state index contributed by atoms with van der Waals surface area (Å²) in [4.78, 5) is 12.1. The number of nitrogens with one attached hydrogen (secondary N) is 2. The van der Waals surface area contributed by atoms with Crippen molar-refractivity contribution in [1.82, 2.24) is 20.4 Å². The summed E-state index contributed by atoms with van der Waals surface area (Å²) in [6.45, 7) is 6.28. The molecule has 94 valence electrons. The zero-order valence-corrected chi connectivity index (χ0v) is 10.7. The summed E-state index contributed by atoms with van der Waals surface area (Å²) in [5.41, 5.74) is 1.92. The second-order valence-electron chi connectivity index (χ2n) is 5.05. The molecule has 5 heteroatoms. The highest BCUT2D eigenvalue weighted by Gasteiger charge is 2.35. The lowest BCUT2D eigenvalue weighted by atomic mass is 9.89. The molecule has 17 heavy (non-hydrogen) atoms. The molecule has 0 saturated carbocycles. The van der Waals surface area contributed by atoms with Gasteiger partial charge in [-0.1, -0.05) is 0 Å². The summed E-state index contributed by atoms with van der Waals surface area (Å²) in [5.74, 6) is 0.130. The Bertz CT molecular complexity index is 418. The summed E-state index contributed by atoms with van der Waals surface area (Å²) in [6, 6.07) is 0. The van der Waals surface area contributed by atoms with Crippen molar-refractivity contribution < 1.29 is 4.79 Å². The first kappa shape index (κ1) is 12.1. The average Bonchev–Trinajstić information content (AvgIpc) is 2.87. The molecule has 1 unspecified atom stereocenters. The fourth-order valence-corrected chi connectivity index (χ4v) is 2.12. The third-order valence-corrected chi connectivity index (χ3v) is 3.69. The average molecular weight is 236 g/mol. The number of hydrogen-bond donors (Lipinski definition) is 2. The van der Waals surface area contributed by atoms with Crippen molar-refractivity contribution in [3.63, 3.8) is 0 Å². The van der Waals surface area contributed by atoms with E-state index in [1.807, 2.05) is 31.8 Å². The van der Waals surface area contributed by atoms with E-state index in [2.05, 4.69) is 15.7 Å². The van der Waals surface area contributed by atoms with E-state index >= 15 is 0 Å². The summed E-state index contributed by atoms with van der Waals surface area (Å²) < 4.78 is 1.82. The van der Waals surface area contributed by atoms with Crippen molar-refractivity contribution in [3.05, 3.63) is 17.5 Å². The van der Waals surface area contributed by atoms with Crippen LogP contribution < -0.4 is 10.6 Å². The molecule has 0 aliphatic carbocycles. The molecule has 5 nitrogen and oxygen atoms in total. The minimum Gasteiger partial charge on any atom is -0.351 e. The monoisotopic (exact) mass is 236 g/mol. The third kappa shape index (κ3) is 2.34. The standard InChI is InChI=1S/C12H20N4O/c1-9-10(7-15-16(9)3)6-14-11(17)12(2)4-5-13-8-12/h7,13H,4-6,8H2,1-3H3,(H,14,17). The van der Waals surface area contributed by atoms with Gasteiger partial charge in [-0.05, 0) is 26.8 Å². The van der Waals surface area contributed by atoms with E-state index in [1.165, 1.54) is 0 Å². The van der Waals surface area contributed by atoms with Crippen LogP contribution in [0.25, 0.3) is 0 Å². The van der Waals surface area contributed by atoms with E-state index < -0.39 is 0 Å². The molecule has 0 aromatic carbocycles. The molecule has 2 rings (SSSR count). The molecule has 0 radical (unpaired) electrons. The minimum absolute atomic E-state index is 0.130. The number of carbonyl (C=O) groups is 1. The van der Waals surface area contributed by atoms with Crippen LogP contribution in [-0.2, 0) is 18.4 Å². The molecule has 1 saturated heterocycles. The van der Waals surface area contributed by atoms with Crippen molar-refractivity contribution in [1.29, 1.82) is 0 Å². The van der Waals surface area contributed by atoms with Crippen LogP contribution in [0.2, 0.25) is 0 Å². The Balaban J connectivity index is 1.94. The van der Waals surface area contributed by atoms with Gasteiger partial charge in [0.2, 0.25) is 5.91 Å². The van der Waals surface area contributed by atoms with Crippen molar-refractivity contribution in [3.8, 4) is 0 Å². The van der Waals surface area contributed by atoms with Gasteiger partial charge >= 0.3 is 0 Å². The number of aryl methyl sites for hydroxylation is 1. The number of amides is 1. The molecule has 1 amide bonds. The first-order valence-electron chi connectivity index (χ1n) is 5.99. The normalized spacial score (nSPS) is 23.9. The molecule has 0 spiro atoms. The van der Waals surface area contributed by atoms with E-state index in [-0.39, 0.29) is 11.3 Å². The minimum atomic E-state index is -0.254. The van der Waals surface area contributed by atoms with Crippen molar-refractivity contribution >= 4 is 5.91 Å². The number of hydrogen-bond acceptors (Lipinski definition) is 3. The van der Waals surface area contributed by atoms with Gasteiger partial charge in [0, 0.05) is 31.4 Å². The zero-order valence-electron chi connectivity index (χ0n) is 10.7. The maximum atomic E-state index is 12.1. The summed E-state index contributed by atoms with van der Waals surface area (Å²) in [7, 11) is 1.91. The summed E-state index contributed by atoms with van der Waals surface area (Å²) in [5, 5.41) is 10.4. The molecule has 2 heterocycles. The molecule has 2 N–H and O–H groups in total. The van der Waals surface area contributed by atoms with E-state index in [1.54, 1.807) is 0 Å². The fourth-order valence-electron chi connectivity index (χ4n) is 2.12. The smallest absolute Gasteiger partial charge is 0.227 e. The Kier molecular flexibility index (Phi) is 3.19. The molecule has 1 aliphatic heterocycles. The molecule has 1 aromatic rings. The molecule has 1 fully saturated rings. The predicted octanol–water partition coefficient (Wildman–Crippen LogP) is 0.344. The summed E-state index contributed by atoms with van der Waals surface area (Å²) in [6.07, 6.45) is 2.72. The molecule has 1 aliphatic rings. The van der Waals surface area contributed by atoms with Crippen LogP contribution in [0.3, 0.4) is 0 Å². The van der Waals surface area contributed by atoms with Gasteiger partial charge in [-0.3, -0.25) is 9.48 Å². The van der Waals surface area contributed by atoms with Gasteiger partial charge in [0.15, 0.2) is 0 Å². The van der Waals surface area contributed by atoms with Crippen LogP contribution >= 0.6 is 0 Å². The highest BCUT2D eigenvalue weighted by molar-refractivity contribution is 5.82. The Labute approximate surface area is 102 Å². The number of aromatic nitrogens is 2. The van der Waals surface area contributed by atoms with E-state index in [4.69, 9.17) is 0 Å². The highest BCUT2D eigenvalue weighted by Crippen LogP contribution is 2.24. The van der Waals surface area contributed by atoms with Crippen LogP contribution in [0.1, 0.15) is 24.6 Å². The van der Waals surface area contributed by atoms with Crippen LogP contribution in [0.5, 0.6) is 0 Å². The fraction of sp³-hybridized carbons (Fsp3) is 0.667. The molecular formula is C12H20N4O. The second-order valence-corrected chi connectivity index (χ2v) is 5.05. The second kappa shape index (κ2) is 4.49. The lowest BCUT2D eigenvalue weighted by Gasteiger charge is -2.21. The SMILES string of the molecule is Cc1c(CNC(=O)C2(C)CCNC2)cnn1C. The third-order valence-electron chi connectivity index (χ3n) is 3.69. The van der Waals surface area contributed by atoms with Gasteiger partial charge in [0.25, 0.3) is 0 Å². The van der Waals surface area contributed by atoms with Crippen molar-refractivity contribution in [2.24, 2.45) is 12.5 Å². The molecule has 1 aromatic heterocycles. The van der Waals surface area contributed by atoms with Gasteiger partial charge in [-0.15, -0.1) is 0 Å². The molecule has 0 bridgehead atoms. The van der Waals surface area contributed by atoms with Gasteiger partial charge < -0.3 is 10.6 Å². The van der Waals surface area contributed by atoms with E-state index in [9.17, 15) is 4.79 Å². The van der Waals surface area contributed by atoms with Gasteiger partial charge in [0.05, 0.1) is 11.6 Å². The van der Waals surface area contributed by atoms with Crippen LogP contribution in [0, 0.1) is 12.3 Å². The number of rotatable bonds is 3. The Morgan fingerprint density at radius 1 is 1.71 bits per heavy atom. The summed E-state index contributed by atoms with van der Waals surface area (Å²) >= 11 is 0. The Hall–Kier alpha value is -1.36. The van der Waals surface area contributed by atoms with Crippen molar-refractivity contribution in [2.45, 2.75) is 26.8 Å². The molecular weight excluding hydrogens is 216 g/mol. The van der Waals surface area contributed by atoms with Gasteiger partial charge in [-0.2, -0.15) is 5.10 Å². The van der Waals surface area contributed by atoms with E-state index in [0.717, 1.165) is 30.8 Å².